The monoisotopic (exact) mass is 335 g/mol. The summed E-state index contributed by atoms with van der Waals surface area (Å²) in [7, 11) is 0. The van der Waals surface area contributed by atoms with Crippen molar-refractivity contribution in [3.63, 3.8) is 0 Å². The molecule has 23 heavy (non-hydrogen) atoms. The average molecular weight is 336 g/mol. The molecular formula is C17H18ClNO4. The Bertz CT molecular complexity index is 604. The Morgan fingerprint density at radius 1 is 1.04 bits per heavy atom. The van der Waals surface area contributed by atoms with Gasteiger partial charge in [0.15, 0.2) is 0 Å². The smallest absolute Gasteiger partial charge is 0.436 e. The highest BCUT2D eigenvalue weighted by Gasteiger charge is 2.15. The Morgan fingerprint density at radius 2 is 1.74 bits per heavy atom. The first-order valence-electron chi connectivity index (χ1n) is 7.20. The van der Waals surface area contributed by atoms with E-state index in [1.165, 1.54) is 0 Å². The van der Waals surface area contributed by atoms with Crippen molar-refractivity contribution in [2.75, 3.05) is 18.3 Å². The summed E-state index contributed by atoms with van der Waals surface area (Å²) in [6, 6.07) is 16.2. The molecule has 0 atom stereocenters. The van der Waals surface area contributed by atoms with Gasteiger partial charge in [0.25, 0.3) is 0 Å². The number of hydrogen-bond donors (Lipinski definition) is 1. The molecule has 0 heterocycles. The summed E-state index contributed by atoms with van der Waals surface area (Å²) in [6.45, 7) is 1.26. The fourth-order valence-corrected chi connectivity index (χ4v) is 2.02. The summed E-state index contributed by atoms with van der Waals surface area (Å²) in [5.74, 6) is 0. The topological polar surface area (TPSA) is 59.0 Å². The van der Waals surface area contributed by atoms with Crippen molar-refractivity contribution in [1.29, 1.82) is 0 Å². The van der Waals surface area contributed by atoms with Crippen LogP contribution in [0.3, 0.4) is 0 Å². The van der Waals surface area contributed by atoms with Gasteiger partial charge in [0.05, 0.1) is 18.9 Å². The maximum Gasteiger partial charge on any atom is 0.436 e. The molecule has 1 amide bonds. The molecule has 2 aromatic carbocycles. The minimum Gasteiger partial charge on any atom is -0.463 e. The van der Waals surface area contributed by atoms with Crippen molar-refractivity contribution < 1.29 is 19.5 Å². The number of hydrogen-bond acceptors (Lipinski definition) is 3. The highest BCUT2D eigenvalue weighted by Crippen LogP contribution is 2.18. The predicted octanol–water partition coefficient (Wildman–Crippen LogP) is 4.36. The van der Waals surface area contributed by atoms with E-state index < -0.39 is 6.09 Å². The molecule has 5 nitrogen and oxygen atoms in total. The van der Waals surface area contributed by atoms with Crippen LogP contribution in [0.2, 0.25) is 5.02 Å². The van der Waals surface area contributed by atoms with Crippen LogP contribution in [-0.4, -0.2) is 24.4 Å². The van der Waals surface area contributed by atoms with Crippen LogP contribution in [-0.2, 0) is 16.2 Å². The Labute approximate surface area is 140 Å². The second-order valence-corrected chi connectivity index (χ2v) is 5.21. The first-order valence-corrected chi connectivity index (χ1v) is 7.58. The molecular weight excluding hydrogens is 318 g/mol. The second-order valence-electron chi connectivity index (χ2n) is 4.78. The summed E-state index contributed by atoms with van der Waals surface area (Å²) in [6.07, 6.45) is -0.595. The molecule has 0 fully saturated rings. The lowest BCUT2D eigenvalue weighted by atomic mass is 10.2. The molecule has 122 valence electrons. The molecule has 2 aromatic rings. The normalized spacial score (nSPS) is 10.5. The van der Waals surface area contributed by atoms with Gasteiger partial charge >= 0.3 is 6.09 Å². The van der Waals surface area contributed by atoms with Gasteiger partial charge < -0.3 is 9.84 Å². The van der Waals surface area contributed by atoms with Crippen molar-refractivity contribution in [2.45, 2.75) is 13.0 Å². The molecule has 0 radical (unpaired) electrons. The zero-order valence-electron chi connectivity index (χ0n) is 12.5. The summed E-state index contributed by atoms with van der Waals surface area (Å²) in [5.41, 5.74) is 1.51. The first kappa shape index (κ1) is 17.3. The molecule has 2 rings (SSSR count). The third kappa shape index (κ3) is 5.90. The SMILES string of the molecule is O=C(O)N(OCCCOCc1ccccc1)c1ccc(Cl)cc1. The van der Waals surface area contributed by atoms with Crippen molar-refractivity contribution in [2.24, 2.45) is 0 Å². The summed E-state index contributed by atoms with van der Waals surface area (Å²) in [5, 5.41) is 10.5. The standard InChI is InChI=1S/C17H18ClNO4/c18-15-7-9-16(10-8-15)19(17(20)21)23-12-4-11-22-13-14-5-2-1-3-6-14/h1-3,5-10H,4,11-13H2,(H,20,21). The number of amides is 1. The maximum atomic E-state index is 11.2. The molecule has 0 aliphatic heterocycles. The average Bonchev–Trinajstić information content (AvgIpc) is 2.56. The number of benzene rings is 2. The van der Waals surface area contributed by atoms with Gasteiger partial charge in [0.1, 0.15) is 0 Å². The van der Waals surface area contributed by atoms with Crippen molar-refractivity contribution in [3.8, 4) is 0 Å². The Balaban J connectivity index is 1.70. The van der Waals surface area contributed by atoms with Crippen molar-refractivity contribution >= 4 is 23.4 Å². The number of halogens is 1. The van der Waals surface area contributed by atoms with Crippen LogP contribution in [0.5, 0.6) is 0 Å². The van der Waals surface area contributed by atoms with Crippen LogP contribution >= 0.6 is 11.6 Å². The lowest BCUT2D eigenvalue weighted by Gasteiger charge is -2.18. The molecule has 0 aliphatic rings. The van der Waals surface area contributed by atoms with Gasteiger partial charge in [-0.1, -0.05) is 41.9 Å². The van der Waals surface area contributed by atoms with E-state index in [4.69, 9.17) is 21.2 Å². The van der Waals surface area contributed by atoms with Gasteiger partial charge in [0.2, 0.25) is 0 Å². The van der Waals surface area contributed by atoms with Gasteiger partial charge in [0, 0.05) is 11.6 Å². The largest absolute Gasteiger partial charge is 0.463 e. The fraction of sp³-hybridized carbons (Fsp3) is 0.235. The van der Waals surface area contributed by atoms with E-state index in [2.05, 4.69) is 0 Å². The van der Waals surface area contributed by atoms with E-state index in [0.717, 1.165) is 10.6 Å². The number of nitrogens with zero attached hydrogens (tertiary/aromatic N) is 1. The van der Waals surface area contributed by atoms with Crippen LogP contribution in [0.25, 0.3) is 0 Å². The summed E-state index contributed by atoms with van der Waals surface area (Å²) < 4.78 is 5.52. The fourth-order valence-electron chi connectivity index (χ4n) is 1.90. The molecule has 0 spiro atoms. The lowest BCUT2D eigenvalue weighted by molar-refractivity contribution is 0.0623. The molecule has 0 saturated carbocycles. The minimum atomic E-state index is -1.18. The summed E-state index contributed by atoms with van der Waals surface area (Å²) >= 11 is 5.78. The number of ether oxygens (including phenoxy) is 1. The van der Waals surface area contributed by atoms with Crippen LogP contribution in [0, 0.1) is 0 Å². The second kappa shape index (κ2) is 9.15. The highest BCUT2D eigenvalue weighted by molar-refractivity contribution is 6.30. The van der Waals surface area contributed by atoms with Crippen molar-refractivity contribution in [1.82, 2.24) is 0 Å². The predicted molar refractivity (Wildman–Crippen MR) is 88.6 cm³/mol. The zero-order valence-corrected chi connectivity index (χ0v) is 13.3. The first-order chi connectivity index (χ1) is 11.2. The number of hydroxylamine groups is 1. The van der Waals surface area contributed by atoms with Crippen molar-refractivity contribution in [3.05, 3.63) is 65.2 Å². The third-order valence-corrected chi connectivity index (χ3v) is 3.25. The molecule has 0 aromatic heterocycles. The van der Waals surface area contributed by atoms with E-state index in [0.29, 0.717) is 30.3 Å². The summed E-state index contributed by atoms with van der Waals surface area (Å²) in [4.78, 5) is 16.5. The van der Waals surface area contributed by atoms with Crippen LogP contribution in [0.15, 0.2) is 54.6 Å². The van der Waals surface area contributed by atoms with Crippen LogP contribution in [0.1, 0.15) is 12.0 Å². The zero-order chi connectivity index (χ0) is 16.5. The molecule has 0 aliphatic carbocycles. The highest BCUT2D eigenvalue weighted by atomic mass is 35.5. The minimum absolute atomic E-state index is 0.240. The third-order valence-electron chi connectivity index (χ3n) is 3.00. The van der Waals surface area contributed by atoms with E-state index in [-0.39, 0.29) is 6.61 Å². The van der Waals surface area contributed by atoms with Gasteiger partial charge in [-0.25, -0.2) is 4.79 Å². The number of carboxylic acid groups (broad SMARTS) is 1. The van der Waals surface area contributed by atoms with Gasteiger partial charge in [-0.3, -0.25) is 4.84 Å². The van der Waals surface area contributed by atoms with E-state index in [1.807, 2.05) is 30.3 Å². The van der Waals surface area contributed by atoms with Crippen LogP contribution in [0.4, 0.5) is 10.5 Å². The Hall–Kier alpha value is -2.08. The van der Waals surface area contributed by atoms with E-state index in [9.17, 15) is 9.90 Å². The van der Waals surface area contributed by atoms with Gasteiger partial charge in [-0.05, 0) is 36.2 Å². The number of anilines is 1. The number of carbonyl (C=O) groups is 1. The Morgan fingerprint density at radius 3 is 2.39 bits per heavy atom. The van der Waals surface area contributed by atoms with E-state index in [1.54, 1.807) is 24.3 Å². The molecule has 0 bridgehead atoms. The van der Waals surface area contributed by atoms with Gasteiger partial charge in [-0.2, -0.15) is 5.06 Å². The lowest BCUT2D eigenvalue weighted by Crippen LogP contribution is -2.30. The molecule has 1 N–H and O–H groups in total. The van der Waals surface area contributed by atoms with Crippen LogP contribution < -0.4 is 5.06 Å². The molecule has 6 heteroatoms. The molecule has 0 saturated heterocycles. The molecule has 0 unspecified atom stereocenters. The maximum absolute atomic E-state index is 11.2. The van der Waals surface area contributed by atoms with Gasteiger partial charge in [-0.15, -0.1) is 0 Å². The Kier molecular flexibility index (Phi) is 6.87. The quantitative estimate of drug-likeness (QED) is 0.575. The van der Waals surface area contributed by atoms with E-state index >= 15 is 0 Å². The number of rotatable bonds is 8.